The van der Waals surface area contributed by atoms with Gasteiger partial charge >= 0.3 is 0 Å². The number of carbonyl (C=O) groups is 1. The Bertz CT molecular complexity index is 1020. The van der Waals surface area contributed by atoms with Crippen LogP contribution in [0.2, 0.25) is 0 Å². The Morgan fingerprint density at radius 3 is 2.65 bits per heavy atom. The van der Waals surface area contributed by atoms with Gasteiger partial charge in [-0.15, -0.1) is 0 Å². The summed E-state index contributed by atoms with van der Waals surface area (Å²) >= 11 is 0. The van der Waals surface area contributed by atoms with Gasteiger partial charge in [0.2, 0.25) is 0 Å². The second-order valence-electron chi connectivity index (χ2n) is 6.21. The van der Waals surface area contributed by atoms with Gasteiger partial charge in [-0.05, 0) is 30.7 Å². The van der Waals surface area contributed by atoms with Gasteiger partial charge in [-0.2, -0.15) is 5.10 Å². The van der Waals surface area contributed by atoms with Crippen molar-refractivity contribution in [1.82, 2.24) is 9.78 Å². The molecule has 1 N–H and O–H groups in total. The quantitative estimate of drug-likeness (QED) is 0.761. The highest BCUT2D eigenvalue weighted by Gasteiger charge is 2.32. The third kappa shape index (κ3) is 3.28. The maximum Gasteiger partial charge on any atom is 0.276 e. The van der Waals surface area contributed by atoms with Crippen LogP contribution in [0.5, 0.6) is 0 Å². The molecule has 2 aromatic heterocycles. The standard InChI is InChI=1S/C18H17N3O4S/c22-18(19-13-5-2-1-3-6-13)15-11-16(17-7-4-9-25-17)21(20-15)14-8-10-26(23,24)12-14/h1-7,9,11,14H,8,10,12H2,(H,19,22). The SMILES string of the molecule is O=C(Nc1ccccc1)c1cc(-c2ccco2)n(C2CCS(=O)(=O)C2)n1. The van der Waals surface area contributed by atoms with E-state index in [4.69, 9.17) is 4.42 Å². The van der Waals surface area contributed by atoms with Gasteiger partial charge in [0.15, 0.2) is 21.3 Å². The van der Waals surface area contributed by atoms with E-state index < -0.39 is 9.84 Å². The van der Waals surface area contributed by atoms with Crippen LogP contribution in [0.3, 0.4) is 0 Å². The van der Waals surface area contributed by atoms with E-state index in [9.17, 15) is 13.2 Å². The number of rotatable bonds is 4. The number of nitrogens with zero attached hydrogens (tertiary/aromatic N) is 2. The largest absolute Gasteiger partial charge is 0.463 e. The molecule has 1 amide bonds. The van der Waals surface area contributed by atoms with Crippen molar-refractivity contribution >= 4 is 21.4 Å². The van der Waals surface area contributed by atoms with Gasteiger partial charge in [-0.1, -0.05) is 18.2 Å². The molecule has 1 unspecified atom stereocenters. The zero-order valence-corrected chi connectivity index (χ0v) is 14.6. The summed E-state index contributed by atoms with van der Waals surface area (Å²) in [7, 11) is -3.08. The minimum atomic E-state index is -3.08. The number of hydrogen-bond acceptors (Lipinski definition) is 5. The number of nitrogens with one attached hydrogen (secondary N) is 1. The van der Waals surface area contributed by atoms with Crippen molar-refractivity contribution in [2.45, 2.75) is 12.5 Å². The van der Waals surface area contributed by atoms with Crippen LogP contribution in [-0.2, 0) is 9.84 Å². The van der Waals surface area contributed by atoms with Gasteiger partial charge in [-0.3, -0.25) is 9.48 Å². The molecule has 0 radical (unpaired) electrons. The van der Waals surface area contributed by atoms with Crippen LogP contribution in [-0.4, -0.2) is 35.6 Å². The van der Waals surface area contributed by atoms with Gasteiger partial charge in [0.25, 0.3) is 5.91 Å². The lowest BCUT2D eigenvalue weighted by Gasteiger charge is -2.11. The number of para-hydroxylation sites is 1. The second-order valence-corrected chi connectivity index (χ2v) is 8.44. The smallest absolute Gasteiger partial charge is 0.276 e. The Morgan fingerprint density at radius 1 is 1.19 bits per heavy atom. The molecule has 1 aliphatic heterocycles. The topological polar surface area (TPSA) is 94.2 Å². The van der Waals surface area contributed by atoms with Crippen molar-refractivity contribution in [1.29, 1.82) is 0 Å². The van der Waals surface area contributed by atoms with E-state index in [-0.39, 0.29) is 29.1 Å². The number of carbonyl (C=O) groups excluding carboxylic acids is 1. The molecule has 0 bridgehead atoms. The molecule has 1 fully saturated rings. The number of furan rings is 1. The Labute approximate surface area is 150 Å². The van der Waals surface area contributed by atoms with Crippen molar-refractivity contribution in [3.63, 3.8) is 0 Å². The fourth-order valence-electron chi connectivity index (χ4n) is 3.08. The van der Waals surface area contributed by atoms with E-state index in [0.717, 1.165) is 0 Å². The van der Waals surface area contributed by atoms with Crippen LogP contribution in [0, 0.1) is 0 Å². The Hall–Kier alpha value is -2.87. The number of aromatic nitrogens is 2. The van der Waals surface area contributed by atoms with Gasteiger partial charge in [0.1, 0.15) is 5.69 Å². The molecule has 8 heteroatoms. The third-order valence-corrected chi connectivity index (χ3v) is 6.08. The molecule has 3 heterocycles. The van der Waals surface area contributed by atoms with Crippen LogP contribution in [0.1, 0.15) is 23.0 Å². The fourth-order valence-corrected chi connectivity index (χ4v) is 4.77. The predicted octanol–water partition coefficient (Wildman–Crippen LogP) is 2.76. The monoisotopic (exact) mass is 371 g/mol. The molecule has 0 spiro atoms. The average Bonchev–Trinajstić information content (AvgIpc) is 3.33. The Balaban J connectivity index is 1.68. The summed E-state index contributed by atoms with van der Waals surface area (Å²) in [4.78, 5) is 12.6. The van der Waals surface area contributed by atoms with E-state index >= 15 is 0 Å². The minimum absolute atomic E-state index is 0.0160. The zero-order chi connectivity index (χ0) is 18.1. The number of amides is 1. The summed E-state index contributed by atoms with van der Waals surface area (Å²) in [5.74, 6) is 0.326. The maximum atomic E-state index is 12.6. The molecular formula is C18H17N3O4S. The maximum absolute atomic E-state index is 12.6. The fraction of sp³-hybridized carbons (Fsp3) is 0.222. The normalized spacial score (nSPS) is 18.7. The molecule has 1 aromatic carbocycles. The average molecular weight is 371 g/mol. The number of hydrogen-bond donors (Lipinski definition) is 1. The van der Waals surface area contributed by atoms with Crippen molar-refractivity contribution < 1.29 is 17.6 Å². The number of benzene rings is 1. The predicted molar refractivity (Wildman–Crippen MR) is 96.6 cm³/mol. The first-order valence-corrected chi connectivity index (χ1v) is 10.0. The summed E-state index contributed by atoms with van der Waals surface area (Å²) in [5.41, 5.74) is 1.47. The molecule has 0 aliphatic carbocycles. The molecule has 7 nitrogen and oxygen atoms in total. The van der Waals surface area contributed by atoms with E-state index in [1.165, 1.54) is 6.26 Å². The van der Waals surface area contributed by atoms with Crippen molar-refractivity contribution in [2.24, 2.45) is 0 Å². The zero-order valence-electron chi connectivity index (χ0n) is 13.8. The first-order chi connectivity index (χ1) is 12.5. The highest BCUT2D eigenvalue weighted by Crippen LogP contribution is 2.30. The summed E-state index contributed by atoms with van der Waals surface area (Å²) in [6.45, 7) is 0. The van der Waals surface area contributed by atoms with Crippen molar-refractivity contribution in [2.75, 3.05) is 16.8 Å². The lowest BCUT2D eigenvalue weighted by Crippen LogP contribution is -2.16. The number of sulfone groups is 1. The minimum Gasteiger partial charge on any atom is -0.463 e. The van der Waals surface area contributed by atoms with Crippen LogP contribution in [0.4, 0.5) is 5.69 Å². The second kappa shape index (κ2) is 6.45. The molecule has 4 rings (SSSR count). The molecule has 1 atom stereocenters. The van der Waals surface area contributed by atoms with Gasteiger partial charge < -0.3 is 9.73 Å². The molecule has 0 saturated carbocycles. The lowest BCUT2D eigenvalue weighted by atomic mass is 10.2. The van der Waals surface area contributed by atoms with Crippen LogP contribution in [0.25, 0.3) is 11.5 Å². The highest BCUT2D eigenvalue weighted by atomic mass is 32.2. The first kappa shape index (κ1) is 16.6. The van der Waals surface area contributed by atoms with E-state index in [2.05, 4.69) is 10.4 Å². The third-order valence-electron chi connectivity index (χ3n) is 4.33. The van der Waals surface area contributed by atoms with Crippen LogP contribution >= 0.6 is 0 Å². The summed E-state index contributed by atoms with van der Waals surface area (Å²) in [6, 6.07) is 13.9. The lowest BCUT2D eigenvalue weighted by molar-refractivity contribution is 0.102. The Kier molecular flexibility index (Phi) is 4.12. The summed E-state index contributed by atoms with van der Waals surface area (Å²) < 4.78 is 30.7. The van der Waals surface area contributed by atoms with E-state index in [0.29, 0.717) is 23.6 Å². The number of anilines is 1. The van der Waals surface area contributed by atoms with E-state index in [1.54, 1.807) is 35.0 Å². The summed E-state index contributed by atoms with van der Waals surface area (Å²) in [5, 5.41) is 7.18. The Morgan fingerprint density at radius 2 is 2.00 bits per heavy atom. The molecule has 134 valence electrons. The van der Waals surface area contributed by atoms with E-state index in [1.807, 2.05) is 18.2 Å². The summed E-state index contributed by atoms with van der Waals surface area (Å²) in [6.07, 6.45) is 2.00. The van der Waals surface area contributed by atoms with Crippen molar-refractivity contribution in [3.8, 4) is 11.5 Å². The molecule has 1 saturated heterocycles. The van der Waals surface area contributed by atoms with Gasteiger partial charge in [0, 0.05) is 11.8 Å². The molecule has 1 aliphatic rings. The van der Waals surface area contributed by atoms with Gasteiger partial charge in [-0.25, -0.2) is 8.42 Å². The van der Waals surface area contributed by atoms with Crippen LogP contribution in [0.15, 0.2) is 59.2 Å². The molecule has 3 aromatic rings. The van der Waals surface area contributed by atoms with Gasteiger partial charge in [0.05, 0.1) is 23.8 Å². The molecular weight excluding hydrogens is 354 g/mol. The van der Waals surface area contributed by atoms with Crippen LogP contribution < -0.4 is 5.32 Å². The molecule has 26 heavy (non-hydrogen) atoms. The highest BCUT2D eigenvalue weighted by molar-refractivity contribution is 7.91. The van der Waals surface area contributed by atoms with Crippen molar-refractivity contribution in [3.05, 3.63) is 60.5 Å². The first-order valence-electron chi connectivity index (χ1n) is 8.22.